The van der Waals surface area contributed by atoms with Gasteiger partial charge in [-0.15, -0.1) is 0 Å². The second kappa shape index (κ2) is 6.90. The minimum absolute atomic E-state index is 0.0846. The Bertz CT molecular complexity index is 622. The average Bonchev–Trinajstić information content (AvgIpc) is 2.46. The summed E-state index contributed by atoms with van der Waals surface area (Å²) in [6.07, 6.45) is 0. The van der Waals surface area contributed by atoms with Gasteiger partial charge in [-0.3, -0.25) is 4.79 Å². The van der Waals surface area contributed by atoms with Gasteiger partial charge in [-0.05, 0) is 60.5 Å². The third-order valence-corrected chi connectivity index (χ3v) is 4.12. The topological polar surface area (TPSA) is 20.3 Å². The van der Waals surface area contributed by atoms with Crippen LogP contribution < -0.4 is 4.90 Å². The zero-order chi connectivity index (χ0) is 15.4. The number of hydrogen-bond acceptors (Lipinski definition) is 2. The van der Waals surface area contributed by atoms with Crippen molar-refractivity contribution in [2.24, 2.45) is 0 Å². The number of nitrogens with zero attached hydrogens (tertiary/aromatic N) is 1. The summed E-state index contributed by atoms with van der Waals surface area (Å²) >= 11 is 3.60. The first-order valence-corrected chi connectivity index (χ1v) is 7.89. The molecular formula is C18H20BrNO. The Hall–Kier alpha value is -1.61. The minimum Gasteiger partial charge on any atom is -0.364 e. The Balaban J connectivity index is 2.32. The van der Waals surface area contributed by atoms with Gasteiger partial charge in [-0.25, -0.2) is 0 Å². The lowest BCUT2D eigenvalue weighted by atomic mass is 10.1. The van der Waals surface area contributed by atoms with E-state index < -0.39 is 0 Å². The van der Waals surface area contributed by atoms with Crippen LogP contribution in [0.3, 0.4) is 0 Å². The number of Topliss-reactive ketones (excluding diaryl/α,β-unsaturated/α-hetero) is 1. The highest BCUT2D eigenvalue weighted by Gasteiger charge is 2.15. The van der Waals surface area contributed by atoms with Crippen LogP contribution in [0.4, 0.5) is 5.69 Å². The molecule has 0 fully saturated rings. The lowest BCUT2D eigenvalue weighted by molar-refractivity contribution is 0.101. The van der Waals surface area contributed by atoms with Crippen LogP contribution in [-0.4, -0.2) is 11.8 Å². The van der Waals surface area contributed by atoms with Crippen LogP contribution in [0, 0.1) is 0 Å². The van der Waals surface area contributed by atoms with Gasteiger partial charge in [0.2, 0.25) is 0 Å². The molecule has 0 unspecified atom stereocenters. The largest absolute Gasteiger partial charge is 0.364 e. The van der Waals surface area contributed by atoms with Gasteiger partial charge in [0.25, 0.3) is 0 Å². The molecule has 0 bridgehead atoms. The number of hydrogen-bond donors (Lipinski definition) is 0. The van der Waals surface area contributed by atoms with Gasteiger partial charge in [0.1, 0.15) is 0 Å². The van der Waals surface area contributed by atoms with E-state index >= 15 is 0 Å². The second-order valence-electron chi connectivity index (χ2n) is 5.43. The molecule has 0 radical (unpaired) electrons. The van der Waals surface area contributed by atoms with E-state index in [1.807, 2.05) is 24.3 Å². The minimum atomic E-state index is 0.0846. The fraction of sp³-hybridized carbons (Fsp3) is 0.278. The molecule has 2 aromatic carbocycles. The fourth-order valence-corrected chi connectivity index (χ4v) is 2.89. The van der Waals surface area contributed by atoms with Gasteiger partial charge >= 0.3 is 0 Å². The zero-order valence-electron chi connectivity index (χ0n) is 12.6. The van der Waals surface area contributed by atoms with Crippen LogP contribution in [0.15, 0.2) is 53.0 Å². The number of rotatable bonds is 5. The van der Waals surface area contributed by atoms with E-state index in [0.29, 0.717) is 6.04 Å². The normalized spacial score (nSPS) is 10.7. The lowest BCUT2D eigenvalue weighted by Gasteiger charge is -2.30. The van der Waals surface area contributed by atoms with Crippen molar-refractivity contribution in [1.82, 2.24) is 0 Å². The van der Waals surface area contributed by atoms with Crippen LogP contribution in [0.5, 0.6) is 0 Å². The first-order chi connectivity index (χ1) is 9.99. The Morgan fingerprint density at radius 1 is 1.14 bits per heavy atom. The highest BCUT2D eigenvalue weighted by atomic mass is 79.9. The van der Waals surface area contributed by atoms with E-state index in [2.05, 4.69) is 58.9 Å². The molecule has 2 rings (SSSR count). The van der Waals surface area contributed by atoms with Crippen molar-refractivity contribution in [3.8, 4) is 0 Å². The molecular weight excluding hydrogens is 326 g/mol. The summed E-state index contributed by atoms with van der Waals surface area (Å²) in [5, 5.41) is 0. The van der Waals surface area contributed by atoms with Crippen LogP contribution in [-0.2, 0) is 6.54 Å². The highest BCUT2D eigenvalue weighted by Crippen LogP contribution is 2.30. The Morgan fingerprint density at radius 2 is 1.81 bits per heavy atom. The number of benzene rings is 2. The molecule has 0 N–H and O–H groups in total. The van der Waals surface area contributed by atoms with Crippen molar-refractivity contribution >= 4 is 27.4 Å². The number of halogens is 1. The molecule has 0 amide bonds. The predicted octanol–water partition coefficient (Wildman–Crippen LogP) is 5.07. The Labute approximate surface area is 134 Å². The number of anilines is 1. The molecule has 0 aromatic heterocycles. The predicted molar refractivity (Wildman–Crippen MR) is 91.9 cm³/mol. The average molecular weight is 346 g/mol. The molecule has 110 valence electrons. The SMILES string of the molecule is CC(=O)c1ccc(N(Cc2ccccc2)C(C)C)c(Br)c1. The first kappa shape index (κ1) is 15.8. The molecule has 0 saturated carbocycles. The van der Waals surface area contributed by atoms with Gasteiger partial charge in [0.05, 0.1) is 5.69 Å². The van der Waals surface area contributed by atoms with Gasteiger partial charge in [-0.1, -0.05) is 30.3 Å². The standard InChI is InChI=1S/C18H20BrNO/c1-13(2)20(12-15-7-5-4-6-8-15)18-10-9-16(14(3)21)11-17(18)19/h4-11,13H,12H2,1-3H3. The summed E-state index contributed by atoms with van der Waals surface area (Å²) < 4.78 is 0.958. The summed E-state index contributed by atoms with van der Waals surface area (Å²) in [4.78, 5) is 13.8. The van der Waals surface area contributed by atoms with Crippen molar-refractivity contribution in [2.45, 2.75) is 33.4 Å². The van der Waals surface area contributed by atoms with E-state index in [4.69, 9.17) is 0 Å². The van der Waals surface area contributed by atoms with Crippen molar-refractivity contribution in [3.63, 3.8) is 0 Å². The molecule has 0 aliphatic carbocycles. The molecule has 0 heterocycles. The van der Waals surface area contributed by atoms with Crippen LogP contribution in [0.25, 0.3) is 0 Å². The van der Waals surface area contributed by atoms with E-state index in [1.165, 1.54) is 5.56 Å². The summed E-state index contributed by atoms with van der Waals surface area (Å²) in [5.41, 5.74) is 3.11. The van der Waals surface area contributed by atoms with Crippen molar-refractivity contribution in [2.75, 3.05) is 4.90 Å². The summed E-state index contributed by atoms with van der Waals surface area (Å²) in [6, 6.07) is 16.6. The van der Waals surface area contributed by atoms with Crippen molar-refractivity contribution in [3.05, 3.63) is 64.1 Å². The Morgan fingerprint density at radius 3 is 2.33 bits per heavy atom. The molecule has 21 heavy (non-hydrogen) atoms. The first-order valence-electron chi connectivity index (χ1n) is 7.10. The van der Waals surface area contributed by atoms with Crippen LogP contribution in [0.2, 0.25) is 0 Å². The lowest BCUT2D eigenvalue weighted by Crippen LogP contribution is -2.30. The molecule has 2 aromatic rings. The highest BCUT2D eigenvalue weighted by molar-refractivity contribution is 9.10. The van der Waals surface area contributed by atoms with Gasteiger partial charge in [0, 0.05) is 22.6 Å². The third kappa shape index (κ3) is 3.94. The maximum Gasteiger partial charge on any atom is 0.159 e. The number of ketones is 1. The molecule has 0 aliphatic heterocycles. The molecule has 2 nitrogen and oxygen atoms in total. The summed E-state index contributed by atoms with van der Waals surface area (Å²) in [6.45, 7) is 6.78. The quantitative estimate of drug-likeness (QED) is 0.705. The maximum atomic E-state index is 11.5. The summed E-state index contributed by atoms with van der Waals surface area (Å²) in [5.74, 6) is 0.0846. The number of carbonyl (C=O) groups is 1. The van der Waals surface area contributed by atoms with Crippen molar-refractivity contribution in [1.29, 1.82) is 0 Å². The van der Waals surface area contributed by atoms with Gasteiger partial charge in [0.15, 0.2) is 5.78 Å². The smallest absolute Gasteiger partial charge is 0.159 e. The molecule has 0 saturated heterocycles. The van der Waals surface area contributed by atoms with Crippen molar-refractivity contribution < 1.29 is 4.79 Å². The van der Waals surface area contributed by atoms with E-state index in [0.717, 1.165) is 22.3 Å². The summed E-state index contributed by atoms with van der Waals surface area (Å²) in [7, 11) is 0. The molecule has 0 aliphatic rings. The second-order valence-corrected chi connectivity index (χ2v) is 6.28. The number of carbonyl (C=O) groups excluding carboxylic acids is 1. The molecule has 3 heteroatoms. The van der Waals surface area contributed by atoms with Crippen LogP contribution in [0.1, 0.15) is 36.7 Å². The van der Waals surface area contributed by atoms with E-state index in [1.54, 1.807) is 6.92 Å². The van der Waals surface area contributed by atoms with E-state index in [-0.39, 0.29) is 5.78 Å². The maximum absolute atomic E-state index is 11.5. The van der Waals surface area contributed by atoms with Gasteiger partial charge in [-0.2, -0.15) is 0 Å². The molecule has 0 atom stereocenters. The molecule has 0 spiro atoms. The Kier molecular flexibility index (Phi) is 5.18. The third-order valence-electron chi connectivity index (χ3n) is 3.48. The monoisotopic (exact) mass is 345 g/mol. The zero-order valence-corrected chi connectivity index (χ0v) is 14.2. The fourth-order valence-electron chi connectivity index (χ4n) is 2.28. The van der Waals surface area contributed by atoms with E-state index in [9.17, 15) is 4.79 Å². The van der Waals surface area contributed by atoms with Gasteiger partial charge < -0.3 is 4.90 Å². The van der Waals surface area contributed by atoms with Crippen LogP contribution >= 0.6 is 15.9 Å².